The fourth-order valence-electron chi connectivity index (χ4n) is 3.24. The molecule has 3 rings (SSSR count). The van der Waals surface area contributed by atoms with Crippen molar-refractivity contribution in [3.05, 3.63) is 30.0 Å². The van der Waals surface area contributed by atoms with E-state index in [0.29, 0.717) is 28.5 Å². The van der Waals surface area contributed by atoms with Crippen molar-refractivity contribution in [3.8, 4) is 17.3 Å². The number of nitrogens with one attached hydrogen (secondary N) is 1. The monoisotopic (exact) mass is 397 g/mol. The number of hydrogen-bond acceptors (Lipinski definition) is 4. The van der Waals surface area contributed by atoms with Gasteiger partial charge in [-0.15, -0.1) is 0 Å². The lowest BCUT2D eigenvalue weighted by Gasteiger charge is -2.11. The van der Waals surface area contributed by atoms with Crippen molar-refractivity contribution in [2.75, 3.05) is 26.5 Å². The molecule has 0 radical (unpaired) electrons. The number of aryl methyl sites for hydroxylation is 2. The molecule has 0 aliphatic rings. The van der Waals surface area contributed by atoms with Crippen molar-refractivity contribution in [2.45, 2.75) is 13.8 Å². The highest BCUT2D eigenvalue weighted by Gasteiger charge is 2.26. The molecule has 3 aromatic rings. The Morgan fingerprint density at radius 1 is 1.21 bits per heavy atom. The van der Waals surface area contributed by atoms with Crippen LogP contribution in [0.2, 0.25) is 0 Å². The molecule has 0 fully saturated rings. The molecule has 2 aromatic heterocycles. The number of amides is 2. The van der Waals surface area contributed by atoms with Gasteiger partial charge in [0.25, 0.3) is 5.91 Å². The highest BCUT2D eigenvalue weighted by molar-refractivity contribution is 5.99. The molecule has 29 heavy (non-hydrogen) atoms. The van der Waals surface area contributed by atoms with Gasteiger partial charge in [0.05, 0.1) is 23.7 Å². The van der Waals surface area contributed by atoms with Gasteiger partial charge in [0.1, 0.15) is 5.69 Å². The van der Waals surface area contributed by atoms with E-state index >= 15 is 0 Å². The van der Waals surface area contributed by atoms with Crippen LogP contribution < -0.4 is 10.1 Å². The Hall–Kier alpha value is -3.29. The molecule has 0 atom stereocenters. The lowest BCUT2D eigenvalue weighted by Crippen LogP contribution is -2.21. The number of anilines is 1. The van der Waals surface area contributed by atoms with Crippen LogP contribution in [0.3, 0.4) is 0 Å². The highest BCUT2D eigenvalue weighted by atomic mass is 16.5. The molecule has 0 spiro atoms. The molecule has 0 saturated carbocycles. The molecule has 0 aliphatic carbocycles. The van der Waals surface area contributed by atoms with Crippen molar-refractivity contribution in [1.82, 2.24) is 19.0 Å². The predicted molar refractivity (Wildman–Crippen MR) is 113 cm³/mol. The molecule has 0 unspecified atom stereocenters. The molecular weight excluding hydrogens is 370 g/mol. The largest absolute Gasteiger partial charge is 0.494 e. The number of carbonyl (C=O) groups is 2. The first-order chi connectivity index (χ1) is 13.6. The number of rotatable bonds is 5. The number of imidazole rings is 1. The molecule has 8 nitrogen and oxygen atoms in total. The molecule has 1 aromatic carbocycles. The van der Waals surface area contributed by atoms with Crippen molar-refractivity contribution in [1.29, 1.82) is 0 Å². The smallest absolute Gasteiger partial charge is 0.258 e. The van der Waals surface area contributed by atoms with E-state index in [0.717, 1.165) is 11.0 Å². The summed E-state index contributed by atoms with van der Waals surface area (Å²) in [6.07, 6.45) is 1.75. The number of nitrogens with zero attached hydrogens (tertiary/aromatic N) is 4. The first-order valence-corrected chi connectivity index (χ1v) is 9.38. The zero-order valence-electron chi connectivity index (χ0n) is 17.9. The Kier molecular flexibility index (Phi) is 5.37. The van der Waals surface area contributed by atoms with Crippen LogP contribution in [0.4, 0.5) is 5.69 Å². The summed E-state index contributed by atoms with van der Waals surface area (Å²) in [6, 6.07) is 5.63. The Morgan fingerprint density at radius 2 is 1.90 bits per heavy atom. The first kappa shape index (κ1) is 20.4. The van der Waals surface area contributed by atoms with Crippen molar-refractivity contribution in [3.63, 3.8) is 0 Å². The van der Waals surface area contributed by atoms with Gasteiger partial charge in [-0.25, -0.2) is 4.98 Å². The molecule has 2 heterocycles. The van der Waals surface area contributed by atoms with E-state index in [1.54, 1.807) is 27.4 Å². The SMILES string of the molecule is COc1c(C(=O)N(C)C)cn(C)c1-c1nc2cc(NC(=O)C(C)C)ccc2n1C. The summed E-state index contributed by atoms with van der Waals surface area (Å²) in [6.45, 7) is 3.70. The molecule has 1 N–H and O–H groups in total. The van der Waals surface area contributed by atoms with Gasteiger partial charge in [0, 0.05) is 46.0 Å². The summed E-state index contributed by atoms with van der Waals surface area (Å²) in [5.74, 6) is 0.866. The van der Waals surface area contributed by atoms with Crippen LogP contribution in [0.5, 0.6) is 5.75 Å². The van der Waals surface area contributed by atoms with Gasteiger partial charge in [-0.2, -0.15) is 0 Å². The van der Waals surface area contributed by atoms with Gasteiger partial charge < -0.3 is 24.1 Å². The maximum atomic E-state index is 12.5. The fraction of sp³-hybridized carbons (Fsp3) is 0.381. The zero-order chi connectivity index (χ0) is 21.5. The van der Waals surface area contributed by atoms with Crippen LogP contribution in [0.1, 0.15) is 24.2 Å². The lowest BCUT2D eigenvalue weighted by atomic mass is 10.2. The van der Waals surface area contributed by atoms with Gasteiger partial charge in [-0.05, 0) is 18.2 Å². The third kappa shape index (κ3) is 3.57. The normalized spacial score (nSPS) is 11.2. The van der Waals surface area contributed by atoms with E-state index in [-0.39, 0.29) is 17.7 Å². The minimum atomic E-state index is -0.138. The number of fused-ring (bicyclic) bond motifs is 1. The molecule has 154 valence electrons. The van der Waals surface area contributed by atoms with Crippen molar-refractivity contribution < 1.29 is 14.3 Å². The van der Waals surface area contributed by atoms with E-state index in [4.69, 9.17) is 9.72 Å². The Balaban J connectivity index is 2.12. The maximum absolute atomic E-state index is 12.5. The summed E-state index contributed by atoms with van der Waals surface area (Å²) < 4.78 is 9.39. The summed E-state index contributed by atoms with van der Waals surface area (Å²) in [5, 5.41) is 2.90. The van der Waals surface area contributed by atoms with Crippen LogP contribution in [-0.4, -0.2) is 52.0 Å². The molecule has 0 saturated heterocycles. The molecule has 8 heteroatoms. The van der Waals surface area contributed by atoms with Crippen LogP contribution in [0, 0.1) is 5.92 Å². The average Bonchev–Trinajstić information content (AvgIpc) is 3.16. The molecule has 0 aliphatic heterocycles. The minimum Gasteiger partial charge on any atom is -0.494 e. The third-order valence-electron chi connectivity index (χ3n) is 4.86. The summed E-state index contributed by atoms with van der Waals surface area (Å²) >= 11 is 0. The van der Waals surface area contributed by atoms with E-state index in [9.17, 15) is 9.59 Å². The third-order valence-corrected chi connectivity index (χ3v) is 4.86. The van der Waals surface area contributed by atoms with Crippen LogP contribution >= 0.6 is 0 Å². The number of benzene rings is 1. The second kappa shape index (κ2) is 7.62. The number of carbonyl (C=O) groups excluding carboxylic acids is 2. The van der Waals surface area contributed by atoms with Gasteiger partial charge >= 0.3 is 0 Å². The standard InChI is InChI=1S/C21H27N5O3/c1-12(2)20(27)22-13-8-9-16-15(10-13)23-19(26(16)6)17-18(29-7)14(11-25(17)5)21(28)24(3)4/h8-12H,1-7H3,(H,22,27). The summed E-state index contributed by atoms with van der Waals surface area (Å²) in [4.78, 5) is 30.8. The maximum Gasteiger partial charge on any atom is 0.258 e. The van der Waals surface area contributed by atoms with Gasteiger partial charge in [0.2, 0.25) is 5.91 Å². The number of methoxy groups -OCH3 is 1. The second-order valence-electron chi connectivity index (χ2n) is 7.58. The zero-order valence-corrected chi connectivity index (χ0v) is 17.9. The summed E-state index contributed by atoms with van der Waals surface area (Å²) in [7, 11) is 8.73. The molecule has 0 bridgehead atoms. The number of ether oxygens (including phenoxy) is 1. The first-order valence-electron chi connectivity index (χ1n) is 9.38. The van der Waals surface area contributed by atoms with E-state index in [1.165, 1.54) is 4.90 Å². The topological polar surface area (TPSA) is 81.4 Å². The van der Waals surface area contributed by atoms with Gasteiger partial charge in [-0.3, -0.25) is 9.59 Å². The quantitative estimate of drug-likeness (QED) is 0.718. The Bertz CT molecular complexity index is 1090. The lowest BCUT2D eigenvalue weighted by molar-refractivity contribution is -0.118. The fourth-order valence-corrected chi connectivity index (χ4v) is 3.24. The van der Waals surface area contributed by atoms with E-state index in [1.807, 2.05) is 55.3 Å². The Morgan fingerprint density at radius 3 is 2.48 bits per heavy atom. The van der Waals surface area contributed by atoms with E-state index < -0.39 is 0 Å². The van der Waals surface area contributed by atoms with Crippen molar-refractivity contribution in [2.24, 2.45) is 20.0 Å². The number of aromatic nitrogens is 3. The highest BCUT2D eigenvalue weighted by Crippen LogP contribution is 2.36. The molecule has 2 amide bonds. The average molecular weight is 397 g/mol. The van der Waals surface area contributed by atoms with Crippen molar-refractivity contribution >= 4 is 28.5 Å². The predicted octanol–water partition coefficient (Wildman–Crippen LogP) is 2.88. The molecular formula is C21H27N5O3. The van der Waals surface area contributed by atoms with Crippen LogP contribution in [0.25, 0.3) is 22.6 Å². The van der Waals surface area contributed by atoms with Gasteiger partial charge in [-0.1, -0.05) is 13.8 Å². The van der Waals surface area contributed by atoms with E-state index in [2.05, 4.69) is 5.32 Å². The van der Waals surface area contributed by atoms with Crippen LogP contribution in [0.15, 0.2) is 24.4 Å². The Labute approximate surface area is 170 Å². The second-order valence-corrected chi connectivity index (χ2v) is 7.58. The minimum absolute atomic E-state index is 0.0450. The van der Waals surface area contributed by atoms with Crippen LogP contribution in [-0.2, 0) is 18.9 Å². The summed E-state index contributed by atoms with van der Waals surface area (Å²) in [5.41, 5.74) is 3.54. The number of hydrogen-bond donors (Lipinski definition) is 1. The van der Waals surface area contributed by atoms with Gasteiger partial charge in [0.15, 0.2) is 11.6 Å².